The van der Waals surface area contributed by atoms with Crippen LogP contribution in [0.1, 0.15) is 40.2 Å². The third-order valence-corrected chi connectivity index (χ3v) is 10.6. The number of H-pyrrole nitrogens is 2. The lowest BCUT2D eigenvalue weighted by Gasteiger charge is -2.25. The first-order valence-corrected chi connectivity index (χ1v) is 19.0. The van der Waals surface area contributed by atoms with E-state index in [2.05, 4.69) is 38.7 Å². The van der Waals surface area contributed by atoms with Gasteiger partial charge in [-0.1, -0.05) is 0 Å². The summed E-state index contributed by atoms with van der Waals surface area (Å²) in [5, 5.41) is 9.52. The quantitative estimate of drug-likeness (QED) is 0.0935. The Labute approximate surface area is 301 Å². The van der Waals surface area contributed by atoms with Crippen molar-refractivity contribution < 1.29 is 66.2 Å². The highest BCUT2D eigenvalue weighted by Crippen LogP contribution is 2.58. The fraction of sp³-hybridized carbons (Fsp3) is 0.615. The Hall–Kier alpha value is -3.72. The van der Waals surface area contributed by atoms with E-state index >= 15 is 0 Å². The number of aliphatic hydroxyl groups excluding tert-OH is 1. The number of anilines is 2. The van der Waals surface area contributed by atoms with Gasteiger partial charge in [-0.2, -0.15) is 14.3 Å². The van der Waals surface area contributed by atoms with Crippen LogP contribution in [0.4, 0.5) is 11.9 Å². The van der Waals surface area contributed by atoms with Gasteiger partial charge in [-0.25, -0.2) is 19.1 Å². The number of nitrogens with one attached hydrogen (secondary N) is 2. The minimum Gasteiger partial charge on any atom is -0.394 e. The van der Waals surface area contributed by atoms with Gasteiger partial charge < -0.3 is 59.7 Å². The number of aromatic nitrogens is 8. The van der Waals surface area contributed by atoms with Crippen LogP contribution in [0.25, 0.3) is 22.3 Å². The van der Waals surface area contributed by atoms with Gasteiger partial charge in [0.05, 0.1) is 25.9 Å². The van der Waals surface area contributed by atoms with Gasteiger partial charge in [0.15, 0.2) is 46.4 Å². The average molecular weight is 807 g/mol. The number of hydrogen-bond donors (Lipinski definition) is 8. The van der Waals surface area contributed by atoms with Crippen molar-refractivity contribution in [2.24, 2.45) is 0 Å². The van der Waals surface area contributed by atoms with E-state index < -0.39 is 94.0 Å². The molecule has 9 unspecified atom stereocenters. The van der Waals surface area contributed by atoms with Gasteiger partial charge in [-0.3, -0.25) is 33.2 Å². The van der Waals surface area contributed by atoms with Crippen LogP contribution in [0.15, 0.2) is 22.2 Å². The highest BCUT2D eigenvalue weighted by atomic mass is 31.3. The summed E-state index contributed by atoms with van der Waals surface area (Å²) in [5.41, 5.74) is 10.8. The number of aromatic amines is 2. The lowest BCUT2D eigenvalue weighted by molar-refractivity contribution is -0.199. The molecule has 4 aromatic heterocycles. The van der Waals surface area contributed by atoms with Gasteiger partial charge in [0, 0.05) is 0 Å². The normalized spacial score (nSPS) is 31.0. The fourth-order valence-corrected chi connectivity index (χ4v) is 8.23. The van der Waals surface area contributed by atoms with Gasteiger partial charge >= 0.3 is 15.6 Å². The second kappa shape index (κ2) is 13.5. The molecule has 0 saturated carbocycles. The molecule has 4 aliphatic heterocycles. The predicted molar refractivity (Wildman–Crippen MR) is 177 cm³/mol. The topological polar surface area (TPSA) is 368 Å². The van der Waals surface area contributed by atoms with E-state index in [-0.39, 0.29) is 35.2 Å². The van der Waals surface area contributed by atoms with Gasteiger partial charge in [-0.15, -0.1) is 0 Å². The molecule has 8 rings (SSSR count). The van der Waals surface area contributed by atoms with Crippen molar-refractivity contribution in [3.63, 3.8) is 0 Å². The SMILES string of the molecule is CC1(C)OC2C(CO)OC(n3cnc4c(=O)[nH]c(N)nc43)C2O1.CC1(C)OC2C(COP(=O)(O)OP(=O)(O)O)OC(n3cnc4c(=O)[nH]c(N)nc43)C2O1. The molecule has 0 amide bonds. The summed E-state index contributed by atoms with van der Waals surface area (Å²) >= 11 is 0. The summed E-state index contributed by atoms with van der Waals surface area (Å²) in [6, 6.07) is 0. The van der Waals surface area contributed by atoms with Crippen LogP contribution in [0.3, 0.4) is 0 Å². The second-order valence-corrected chi connectivity index (χ2v) is 16.2. The van der Waals surface area contributed by atoms with Crippen molar-refractivity contribution in [3.05, 3.63) is 33.4 Å². The zero-order valence-electron chi connectivity index (χ0n) is 28.6. The van der Waals surface area contributed by atoms with Gasteiger partial charge in [0.25, 0.3) is 11.1 Å². The molecule has 28 heteroatoms. The number of phosphoric acid groups is 2. The number of imidazole rings is 2. The number of aliphatic hydroxyl groups is 1. The molecule has 10 N–H and O–H groups in total. The first kappa shape index (κ1) is 38.6. The first-order chi connectivity index (χ1) is 25.1. The van der Waals surface area contributed by atoms with E-state index in [1.165, 1.54) is 17.2 Å². The molecule has 4 saturated heterocycles. The average Bonchev–Trinajstić information content (AvgIpc) is 3.86. The molecule has 4 fully saturated rings. The molecule has 54 heavy (non-hydrogen) atoms. The fourth-order valence-electron chi connectivity index (χ4n) is 6.63. The van der Waals surface area contributed by atoms with Crippen LogP contribution >= 0.6 is 15.6 Å². The molecule has 0 aromatic carbocycles. The number of nitrogens with zero attached hydrogens (tertiary/aromatic N) is 6. The van der Waals surface area contributed by atoms with Crippen LogP contribution in [0.5, 0.6) is 0 Å². The minimum atomic E-state index is -5.28. The molecule has 9 atom stereocenters. The standard InChI is InChI=1S/C13H19N5O11P2.C13H17N5O5/c1-13(2)27-7-5(3-25-31(23,24)29-30(20,21)22)26-11(8(7)28-13)18-4-15-6-9(18)16-12(14)17-10(6)19;1-13(2)22-7-5(3-19)21-11(8(7)23-13)18-4-15-6-9(18)16-12(14)17-10(6)20/h4-5,7-8,11H,3H2,1-2H3,(H,23,24)(H2,20,21,22)(H3,14,16,17,19);4-5,7-8,11,19H,3H2,1-2H3,(H3,14,16,17,20). The van der Waals surface area contributed by atoms with Crippen molar-refractivity contribution in [2.45, 2.75) is 88.3 Å². The highest BCUT2D eigenvalue weighted by Gasteiger charge is 2.57. The lowest BCUT2D eigenvalue weighted by atomic mass is 10.1. The molecule has 0 bridgehead atoms. The Morgan fingerprint density at radius 3 is 1.65 bits per heavy atom. The summed E-state index contributed by atoms with van der Waals surface area (Å²) in [7, 11) is -10.4. The van der Waals surface area contributed by atoms with E-state index in [1.54, 1.807) is 32.3 Å². The van der Waals surface area contributed by atoms with E-state index in [4.69, 9.17) is 49.7 Å². The summed E-state index contributed by atoms with van der Waals surface area (Å²) < 4.78 is 69.1. The number of phosphoric ester groups is 1. The van der Waals surface area contributed by atoms with Crippen molar-refractivity contribution in [1.82, 2.24) is 39.0 Å². The van der Waals surface area contributed by atoms with Crippen LogP contribution in [-0.4, -0.2) is 120 Å². The molecular formula is C26H36N10O16P2. The number of fused-ring (bicyclic) bond motifs is 4. The monoisotopic (exact) mass is 806 g/mol. The van der Waals surface area contributed by atoms with Crippen LogP contribution in [0, 0.1) is 0 Å². The van der Waals surface area contributed by atoms with Gasteiger partial charge in [-0.05, 0) is 27.7 Å². The number of nitrogen functional groups attached to an aromatic ring is 2. The largest absolute Gasteiger partial charge is 0.481 e. The molecule has 0 spiro atoms. The Balaban J connectivity index is 0.000000174. The molecule has 4 aliphatic rings. The third-order valence-electron chi connectivity index (χ3n) is 8.49. The maximum Gasteiger partial charge on any atom is 0.481 e. The van der Waals surface area contributed by atoms with E-state index in [9.17, 15) is 28.7 Å². The molecule has 8 heterocycles. The number of ether oxygens (including phenoxy) is 6. The summed E-state index contributed by atoms with van der Waals surface area (Å²) in [5.74, 6) is -2.00. The van der Waals surface area contributed by atoms with Crippen molar-refractivity contribution >= 4 is 49.9 Å². The van der Waals surface area contributed by atoms with Crippen molar-refractivity contribution in [1.29, 1.82) is 0 Å². The Morgan fingerprint density at radius 2 is 1.20 bits per heavy atom. The van der Waals surface area contributed by atoms with E-state index in [0.717, 1.165) is 0 Å². The molecule has 296 valence electrons. The number of rotatable bonds is 8. The van der Waals surface area contributed by atoms with Gasteiger partial charge in [0.2, 0.25) is 11.9 Å². The van der Waals surface area contributed by atoms with Crippen LogP contribution < -0.4 is 22.6 Å². The molecule has 4 aromatic rings. The molecule has 0 aliphatic carbocycles. The second-order valence-electron chi connectivity index (χ2n) is 13.3. The van der Waals surface area contributed by atoms with E-state index in [0.29, 0.717) is 5.65 Å². The Bertz CT molecular complexity index is 2290. The van der Waals surface area contributed by atoms with Gasteiger partial charge in [0.1, 0.15) is 36.6 Å². The summed E-state index contributed by atoms with van der Waals surface area (Å²) in [6.45, 7) is 6.03. The van der Waals surface area contributed by atoms with Crippen molar-refractivity contribution in [2.75, 3.05) is 24.7 Å². The van der Waals surface area contributed by atoms with E-state index in [1.807, 2.05) is 0 Å². The van der Waals surface area contributed by atoms with Crippen LogP contribution in [0.2, 0.25) is 0 Å². The highest BCUT2D eigenvalue weighted by molar-refractivity contribution is 7.60. The predicted octanol–water partition coefficient (Wildman–Crippen LogP) is -1.54. The minimum absolute atomic E-state index is 0.00197. The molecule has 0 radical (unpaired) electrons. The Kier molecular flexibility index (Phi) is 9.63. The maximum atomic E-state index is 12.0. The molecule has 26 nitrogen and oxygen atoms in total. The lowest BCUT2D eigenvalue weighted by Crippen LogP contribution is -2.32. The number of hydrogen-bond acceptors (Lipinski definition) is 19. The first-order valence-electron chi connectivity index (χ1n) is 16.0. The smallest absolute Gasteiger partial charge is 0.394 e. The molecular weight excluding hydrogens is 770 g/mol. The van der Waals surface area contributed by atoms with Crippen molar-refractivity contribution in [3.8, 4) is 0 Å². The van der Waals surface area contributed by atoms with Crippen LogP contribution in [-0.2, 0) is 46.4 Å². The maximum absolute atomic E-state index is 12.0. The zero-order valence-corrected chi connectivity index (χ0v) is 30.4. The summed E-state index contributed by atoms with van der Waals surface area (Å²) in [6.07, 6.45) is -2.85. The number of nitrogens with two attached hydrogens (primary N) is 2. The third kappa shape index (κ3) is 7.46. The Morgan fingerprint density at radius 1 is 0.778 bits per heavy atom. The zero-order chi connectivity index (χ0) is 39.1. The summed E-state index contributed by atoms with van der Waals surface area (Å²) in [4.78, 5) is 71.9.